The number of aliphatic imine (C=N–C) groups is 3. The van der Waals surface area contributed by atoms with Crippen molar-refractivity contribution in [2.75, 3.05) is 7.05 Å². The van der Waals surface area contributed by atoms with Crippen LogP contribution in [0.15, 0.2) is 62.1 Å². The molecule has 7 nitrogen and oxygen atoms in total. The Morgan fingerprint density at radius 3 is 2.74 bits per heavy atom. The van der Waals surface area contributed by atoms with E-state index in [1.807, 2.05) is 6.07 Å². The molecule has 0 aromatic heterocycles. The van der Waals surface area contributed by atoms with Crippen molar-refractivity contribution >= 4 is 50.8 Å². The van der Waals surface area contributed by atoms with Gasteiger partial charge in [-0.25, -0.2) is 9.98 Å². The lowest BCUT2D eigenvalue weighted by molar-refractivity contribution is 1.25. The highest BCUT2D eigenvalue weighted by Gasteiger charge is 2.09. The minimum absolute atomic E-state index is 0.00770. The molecular weight excluding hydrogens is 406 g/mol. The molecule has 0 saturated carbocycles. The standard InChI is InChI=1S/C19H18BrN7/c1-25-11-14(10-22)13-6-12(4-5-21)7-16(8-13)26-19(24)27-18-3-2-15(20)9-17(18)23/h2-3,6-11,23H,4,22H2,1H3,(H2,24,26). The third-order valence-corrected chi connectivity index (χ3v) is 3.97. The van der Waals surface area contributed by atoms with E-state index in [-0.39, 0.29) is 18.1 Å². The van der Waals surface area contributed by atoms with Gasteiger partial charge in [-0.15, -0.1) is 0 Å². The summed E-state index contributed by atoms with van der Waals surface area (Å²) in [4.78, 5) is 12.5. The van der Waals surface area contributed by atoms with Crippen LogP contribution in [-0.4, -0.2) is 30.6 Å². The number of rotatable bonds is 4. The van der Waals surface area contributed by atoms with Crippen molar-refractivity contribution in [3.63, 3.8) is 0 Å². The van der Waals surface area contributed by atoms with Gasteiger partial charge in [0.25, 0.3) is 0 Å². The van der Waals surface area contributed by atoms with Crippen LogP contribution in [0.4, 0.5) is 5.69 Å². The Balaban J connectivity index is 2.44. The van der Waals surface area contributed by atoms with E-state index in [0.717, 1.165) is 15.6 Å². The molecule has 27 heavy (non-hydrogen) atoms. The maximum Gasteiger partial charge on any atom is 0.221 e. The zero-order valence-electron chi connectivity index (χ0n) is 14.6. The number of hydrogen-bond acceptors (Lipinski definition) is 5. The molecule has 0 radical (unpaired) electrons. The van der Waals surface area contributed by atoms with Crippen LogP contribution in [0, 0.1) is 16.7 Å². The van der Waals surface area contributed by atoms with Gasteiger partial charge in [-0.1, -0.05) is 15.9 Å². The zero-order chi connectivity index (χ0) is 19.8. The van der Waals surface area contributed by atoms with E-state index in [1.165, 1.54) is 6.20 Å². The summed E-state index contributed by atoms with van der Waals surface area (Å²) in [6.07, 6.45) is 8.37. The van der Waals surface area contributed by atoms with E-state index in [2.05, 4.69) is 37.0 Å². The minimum Gasteiger partial charge on any atom is -0.404 e. The Bertz CT molecular complexity index is 972. The molecule has 1 aliphatic rings. The predicted molar refractivity (Wildman–Crippen MR) is 115 cm³/mol. The van der Waals surface area contributed by atoms with E-state index < -0.39 is 0 Å². The molecule has 0 spiro atoms. The number of nitrogens with one attached hydrogen (secondary N) is 1. The molecule has 1 aromatic rings. The first-order chi connectivity index (χ1) is 13.0. The van der Waals surface area contributed by atoms with Crippen molar-refractivity contribution < 1.29 is 0 Å². The topological polar surface area (TPSA) is 137 Å². The number of nitrogens with two attached hydrogens (primary N) is 2. The molecule has 2 rings (SSSR count). The van der Waals surface area contributed by atoms with Crippen LogP contribution in [0.2, 0.25) is 0 Å². The quantitative estimate of drug-likeness (QED) is 0.389. The summed E-state index contributed by atoms with van der Waals surface area (Å²) in [6, 6.07) is 7.51. The number of benzene rings is 1. The second-order valence-corrected chi connectivity index (χ2v) is 6.39. The summed E-state index contributed by atoms with van der Waals surface area (Å²) in [5, 5.41) is 16.9. The maximum atomic E-state index is 9.01. The van der Waals surface area contributed by atoms with E-state index in [1.54, 1.807) is 43.6 Å². The molecule has 8 heteroatoms. The van der Waals surface area contributed by atoms with Crippen molar-refractivity contribution in [3.8, 4) is 6.07 Å². The van der Waals surface area contributed by atoms with Gasteiger partial charge < -0.3 is 11.5 Å². The minimum atomic E-state index is 0.00770. The molecule has 136 valence electrons. The van der Waals surface area contributed by atoms with Crippen LogP contribution in [0.25, 0.3) is 5.57 Å². The SMILES string of the molecule is CN=CC(=CN)c1cc(CC#N)cc(N=C(N)N=C2C=CC(Br)=CC2=N)c1. The first kappa shape index (κ1) is 20.0. The molecular formula is C19H18BrN7. The number of allylic oxidation sites excluding steroid dienone is 5. The van der Waals surface area contributed by atoms with E-state index >= 15 is 0 Å². The van der Waals surface area contributed by atoms with E-state index in [4.69, 9.17) is 22.1 Å². The fourth-order valence-corrected chi connectivity index (χ4v) is 2.70. The molecule has 0 amide bonds. The first-order valence-corrected chi connectivity index (χ1v) is 8.68. The average molecular weight is 424 g/mol. The predicted octanol–water partition coefficient (Wildman–Crippen LogP) is 3.01. The first-order valence-electron chi connectivity index (χ1n) is 7.89. The third-order valence-electron chi connectivity index (χ3n) is 3.48. The fourth-order valence-electron chi connectivity index (χ4n) is 2.34. The molecule has 0 bridgehead atoms. The monoisotopic (exact) mass is 423 g/mol. The highest BCUT2D eigenvalue weighted by Crippen LogP contribution is 2.23. The Kier molecular flexibility index (Phi) is 6.97. The smallest absolute Gasteiger partial charge is 0.221 e. The second kappa shape index (κ2) is 9.40. The summed E-state index contributed by atoms with van der Waals surface area (Å²) < 4.78 is 0.787. The lowest BCUT2D eigenvalue weighted by atomic mass is 10.0. The summed E-state index contributed by atoms with van der Waals surface area (Å²) in [7, 11) is 1.65. The molecule has 5 N–H and O–H groups in total. The van der Waals surface area contributed by atoms with Crippen molar-refractivity contribution in [2.45, 2.75) is 6.42 Å². The summed E-state index contributed by atoms with van der Waals surface area (Å²) in [5.41, 5.74) is 15.0. The van der Waals surface area contributed by atoms with Gasteiger partial charge in [0, 0.05) is 29.5 Å². The normalized spacial score (nSPS) is 16.7. The van der Waals surface area contributed by atoms with Gasteiger partial charge in [0.05, 0.1) is 29.6 Å². The average Bonchev–Trinajstić information content (AvgIpc) is 2.62. The van der Waals surface area contributed by atoms with Gasteiger partial charge in [-0.05, 0) is 47.6 Å². The molecule has 0 fully saturated rings. The summed E-state index contributed by atoms with van der Waals surface area (Å²) >= 11 is 3.30. The summed E-state index contributed by atoms with van der Waals surface area (Å²) in [6.45, 7) is 0. The Labute approximate surface area is 165 Å². The van der Waals surface area contributed by atoms with Gasteiger partial charge in [0.1, 0.15) is 0 Å². The van der Waals surface area contributed by atoms with Gasteiger partial charge in [0.15, 0.2) is 0 Å². The molecule has 0 atom stereocenters. The number of nitrogens with zero attached hydrogens (tertiary/aromatic N) is 4. The van der Waals surface area contributed by atoms with Gasteiger partial charge in [-0.3, -0.25) is 10.4 Å². The molecule has 0 aliphatic heterocycles. The molecule has 1 aliphatic carbocycles. The Hall–Kier alpha value is -3.31. The van der Waals surface area contributed by atoms with Crippen LogP contribution >= 0.6 is 15.9 Å². The van der Waals surface area contributed by atoms with Gasteiger partial charge in [-0.2, -0.15) is 5.26 Å². The molecule has 0 unspecified atom stereocenters. The Morgan fingerprint density at radius 1 is 1.33 bits per heavy atom. The van der Waals surface area contributed by atoms with Crippen LogP contribution in [-0.2, 0) is 6.42 Å². The molecule has 0 heterocycles. The van der Waals surface area contributed by atoms with Crippen LogP contribution in [0.1, 0.15) is 11.1 Å². The van der Waals surface area contributed by atoms with Crippen molar-refractivity contribution in [2.24, 2.45) is 26.4 Å². The number of hydrogen-bond donors (Lipinski definition) is 3. The zero-order valence-corrected chi connectivity index (χ0v) is 16.2. The maximum absolute atomic E-state index is 9.01. The van der Waals surface area contributed by atoms with Gasteiger partial charge >= 0.3 is 0 Å². The van der Waals surface area contributed by atoms with Crippen LogP contribution in [0.3, 0.4) is 0 Å². The van der Waals surface area contributed by atoms with Crippen LogP contribution in [0.5, 0.6) is 0 Å². The van der Waals surface area contributed by atoms with E-state index in [0.29, 0.717) is 17.0 Å². The van der Waals surface area contributed by atoms with Crippen molar-refractivity contribution in [1.82, 2.24) is 0 Å². The molecule has 0 saturated heterocycles. The highest BCUT2D eigenvalue weighted by atomic mass is 79.9. The highest BCUT2D eigenvalue weighted by molar-refractivity contribution is 9.11. The largest absolute Gasteiger partial charge is 0.404 e. The third kappa shape index (κ3) is 5.59. The van der Waals surface area contributed by atoms with Gasteiger partial charge in [0.2, 0.25) is 5.96 Å². The lowest BCUT2D eigenvalue weighted by Crippen LogP contribution is -2.17. The Morgan fingerprint density at radius 2 is 2.11 bits per heavy atom. The van der Waals surface area contributed by atoms with Crippen molar-refractivity contribution in [3.05, 3.63) is 58.2 Å². The van der Waals surface area contributed by atoms with E-state index in [9.17, 15) is 0 Å². The van der Waals surface area contributed by atoms with Crippen LogP contribution < -0.4 is 11.5 Å². The number of guanidine groups is 1. The lowest BCUT2D eigenvalue weighted by Gasteiger charge is -2.07. The number of halogens is 1. The second-order valence-electron chi connectivity index (χ2n) is 5.48. The number of nitriles is 1. The molecule has 1 aromatic carbocycles. The van der Waals surface area contributed by atoms with Crippen molar-refractivity contribution in [1.29, 1.82) is 10.7 Å². The summed E-state index contributed by atoms with van der Waals surface area (Å²) in [5.74, 6) is 0.00770. The fraction of sp³-hybridized carbons (Fsp3) is 0.105.